The van der Waals surface area contributed by atoms with Crippen LogP contribution in [0.3, 0.4) is 0 Å². The van der Waals surface area contributed by atoms with E-state index in [1.807, 2.05) is 6.07 Å². The van der Waals surface area contributed by atoms with Crippen molar-refractivity contribution in [1.82, 2.24) is 9.97 Å². The highest BCUT2D eigenvalue weighted by molar-refractivity contribution is 5.50. The number of aromatic nitrogens is 2. The van der Waals surface area contributed by atoms with Gasteiger partial charge in [-0.3, -0.25) is 0 Å². The van der Waals surface area contributed by atoms with Gasteiger partial charge in [-0.15, -0.1) is 0 Å². The third-order valence-electron chi connectivity index (χ3n) is 3.14. The third-order valence-corrected chi connectivity index (χ3v) is 3.14. The van der Waals surface area contributed by atoms with Gasteiger partial charge in [-0.2, -0.15) is 10.2 Å². The van der Waals surface area contributed by atoms with Gasteiger partial charge in [-0.1, -0.05) is 6.92 Å². The molecule has 1 aliphatic heterocycles. The summed E-state index contributed by atoms with van der Waals surface area (Å²) in [5, 5.41) is 8.82. The van der Waals surface area contributed by atoms with Crippen LogP contribution in [0.2, 0.25) is 0 Å². The molecule has 0 spiro atoms. The molecule has 102 valence electrons. The molecule has 0 saturated carbocycles. The van der Waals surface area contributed by atoms with Crippen LogP contribution in [0.25, 0.3) is 0 Å². The van der Waals surface area contributed by atoms with Gasteiger partial charge < -0.3 is 15.4 Å². The molecule has 0 aromatic carbocycles. The number of rotatable bonds is 4. The molecule has 1 aromatic heterocycles. The van der Waals surface area contributed by atoms with Crippen molar-refractivity contribution >= 4 is 11.8 Å². The van der Waals surface area contributed by atoms with E-state index in [-0.39, 0.29) is 11.9 Å². The summed E-state index contributed by atoms with van der Waals surface area (Å²) in [6.07, 6.45) is 4.86. The van der Waals surface area contributed by atoms with Crippen molar-refractivity contribution in [2.75, 3.05) is 30.3 Å². The number of nitrogen functional groups attached to an aromatic ring is 1. The molecule has 1 saturated heterocycles. The van der Waals surface area contributed by atoms with Gasteiger partial charge in [0, 0.05) is 19.7 Å². The molecule has 0 radical (unpaired) electrons. The second-order valence-corrected chi connectivity index (χ2v) is 4.66. The van der Waals surface area contributed by atoms with Crippen molar-refractivity contribution in [1.29, 1.82) is 5.26 Å². The fourth-order valence-electron chi connectivity index (χ4n) is 2.16. The zero-order valence-corrected chi connectivity index (χ0v) is 11.2. The summed E-state index contributed by atoms with van der Waals surface area (Å²) in [6.45, 7) is 4.57. The lowest BCUT2D eigenvalue weighted by atomic mass is 10.1. The fraction of sp³-hybridized carbons (Fsp3) is 0.615. The largest absolute Gasteiger partial charge is 0.382 e. The maximum atomic E-state index is 8.82. The molecule has 0 aliphatic carbocycles. The number of hydrogen-bond donors (Lipinski definition) is 1. The van der Waals surface area contributed by atoms with E-state index >= 15 is 0 Å². The van der Waals surface area contributed by atoms with Gasteiger partial charge in [-0.25, -0.2) is 4.98 Å². The van der Waals surface area contributed by atoms with Crippen molar-refractivity contribution in [3.63, 3.8) is 0 Å². The summed E-state index contributed by atoms with van der Waals surface area (Å²) < 4.78 is 5.78. The van der Waals surface area contributed by atoms with Gasteiger partial charge >= 0.3 is 0 Å². The maximum absolute atomic E-state index is 8.82. The molecule has 6 nitrogen and oxygen atoms in total. The van der Waals surface area contributed by atoms with Crippen molar-refractivity contribution in [2.45, 2.75) is 32.3 Å². The van der Waals surface area contributed by atoms with Crippen LogP contribution in [0.1, 0.15) is 31.7 Å². The first-order valence-electron chi connectivity index (χ1n) is 6.63. The zero-order valence-electron chi connectivity index (χ0n) is 11.2. The highest BCUT2D eigenvalue weighted by atomic mass is 16.5. The number of nitrogens with zero attached hydrogens (tertiary/aromatic N) is 4. The summed E-state index contributed by atoms with van der Waals surface area (Å²) >= 11 is 0. The first-order chi connectivity index (χ1) is 9.24. The van der Waals surface area contributed by atoms with Crippen molar-refractivity contribution in [3.8, 4) is 6.07 Å². The van der Waals surface area contributed by atoms with Crippen LogP contribution in [0.15, 0.2) is 6.20 Å². The quantitative estimate of drug-likeness (QED) is 0.879. The molecule has 2 N–H and O–H groups in total. The minimum atomic E-state index is 0.231. The van der Waals surface area contributed by atoms with E-state index < -0.39 is 0 Å². The normalized spacial score (nSPS) is 19.2. The van der Waals surface area contributed by atoms with E-state index in [2.05, 4.69) is 21.8 Å². The number of nitrogens with two attached hydrogens (primary N) is 1. The molecule has 19 heavy (non-hydrogen) atoms. The number of ether oxygens (including phenoxy) is 1. The fourth-order valence-corrected chi connectivity index (χ4v) is 2.16. The van der Waals surface area contributed by atoms with E-state index in [0.717, 1.165) is 39.0 Å². The van der Waals surface area contributed by atoms with Crippen LogP contribution in [0.4, 0.5) is 11.8 Å². The minimum Gasteiger partial charge on any atom is -0.382 e. The Morgan fingerprint density at radius 3 is 3.16 bits per heavy atom. The Labute approximate surface area is 113 Å². The SMILES string of the molecule is CCCO[C@H]1CCCN(c2ncc(C#N)c(N)n2)C1. The predicted octanol–water partition coefficient (Wildman–Crippen LogP) is 1.33. The van der Waals surface area contributed by atoms with Gasteiger partial charge in [-0.05, 0) is 19.3 Å². The minimum absolute atomic E-state index is 0.231. The number of hydrogen-bond acceptors (Lipinski definition) is 6. The molecular weight excluding hydrogens is 242 g/mol. The molecule has 0 unspecified atom stereocenters. The highest BCUT2D eigenvalue weighted by Gasteiger charge is 2.22. The molecule has 6 heteroatoms. The Hall–Kier alpha value is -1.87. The number of nitriles is 1. The second kappa shape index (κ2) is 6.34. The number of anilines is 2. The van der Waals surface area contributed by atoms with Crippen molar-refractivity contribution in [2.24, 2.45) is 0 Å². The monoisotopic (exact) mass is 261 g/mol. The second-order valence-electron chi connectivity index (χ2n) is 4.66. The molecule has 1 fully saturated rings. The van der Waals surface area contributed by atoms with Gasteiger partial charge in [0.2, 0.25) is 5.95 Å². The van der Waals surface area contributed by atoms with E-state index in [1.165, 1.54) is 6.20 Å². The van der Waals surface area contributed by atoms with Gasteiger partial charge in [0.1, 0.15) is 17.5 Å². The molecule has 0 amide bonds. The molecule has 1 aliphatic rings. The topological polar surface area (TPSA) is 88.1 Å². The smallest absolute Gasteiger partial charge is 0.227 e. The summed E-state index contributed by atoms with van der Waals surface area (Å²) in [6, 6.07) is 1.97. The summed E-state index contributed by atoms with van der Waals surface area (Å²) in [5.74, 6) is 0.824. The first-order valence-corrected chi connectivity index (χ1v) is 6.63. The summed E-state index contributed by atoms with van der Waals surface area (Å²) in [5.41, 5.74) is 6.04. The molecule has 1 atom stereocenters. The lowest BCUT2D eigenvalue weighted by Crippen LogP contribution is -2.40. The van der Waals surface area contributed by atoms with Crippen LogP contribution in [-0.2, 0) is 4.74 Å². The first kappa shape index (κ1) is 13.6. The van der Waals surface area contributed by atoms with Gasteiger partial charge in [0.25, 0.3) is 0 Å². The maximum Gasteiger partial charge on any atom is 0.227 e. The average molecular weight is 261 g/mol. The van der Waals surface area contributed by atoms with Crippen molar-refractivity contribution in [3.05, 3.63) is 11.8 Å². The predicted molar refractivity (Wildman–Crippen MR) is 72.6 cm³/mol. The van der Waals surface area contributed by atoms with Gasteiger partial charge in [0.05, 0.1) is 12.3 Å². The Morgan fingerprint density at radius 1 is 1.63 bits per heavy atom. The molecule has 0 bridgehead atoms. The van der Waals surface area contributed by atoms with Crippen LogP contribution in [-0.4, -0.2) is 35.8 Å². The van der Waals surface area contributed by atoms with E-state index in [4.69, 9.17) is 15.7 Å². The lowest BCUT2D eigenvalue weighted by Gasteiger charge is -2.32. The summed E-state index contributed by atoms with van der Waals surface area (Å²) in [7, 11) is 0. The molecule has 2 heterocycles. The van der Waals surface area contributed by atoms with Crippen LogP contribution < -0.4 is 10.6 Å². The van der Waals surface area contributed by atoms with Crippen molar-refractivity contribution < 1.29 is 4.74 Å². The van der Waals surface area contributed by atoms with Crippen LogP contribution >= 0.6 is 0 Å². The van der Waals surface area contributed by atoms with Crippen LogP contribution in [0, 0.1) is 11.3 Å². The van der Waals surface area contributed by atoms with Gasteiger partial charge in [0.15, 0.2) is 0 Å². The van der Waals surface area contributed by atoms with E-state index in [1.54, 1.807) is 0 Å². The Bertz CT molecular complexity index is 471. The van der Waals surface area contributed by atoms with E-state index in [9.17, 15) is 0 Å². The number of piperidine rings is 1. The lowest BCUT2D eigenvalue weighted by molar-refractivity contribution is 0.0437. The molecule has 1 aromatic rings. The Kier molecular flexibility index (Phi) is 4.53. The molecule has 2 rings (SSSR count). The average Bonchev–Trinajstić information content (AvgIpc) is 2.45. The van der Waals surface area contributed by atoms with Crippen LogP contribution in [0.5, 0.6) is 0 Å². The Morgan fingerprint density at radius 2 is 2.47 bits per heavy atom. The summed E-state index contributed by atoms with van der Waals surface area (Å²) in [4.78, 5) is 10.5. The third kappa shape index (κ3) is 3.32. The zero-order chi connectivity index (χ0) is 13.7. The molecular formula is C13H19N5O. The standard InChI is InChI=1S/C13H19N5O/c1-2-6-19-11-4-3-5-18(9-11)13-16-8-10(7-14)12(15)17-13/h8,11H,2-6,9H2,1H3,(H2,15,16,17)/t11-/m0/s1. The van der Waals surface area contributed by atoms with E-state index in [0.29, 0.717) is 11.5 Å². The highest BCUT2D eigenvalue weighted by Crippen LogP contribution is 2.19. The Balaban J connectivity index is 2.05.